The van der Waals surface area contributed by atoms with Crippen LogP contribution in [0.2, 0.25) is 0 Å². The molecule has 0 aromatic rings. The number of esters is 1. The molecule has 0 aromatic carbocycles. The van der Waals surface area contributed by atoms with E-state index in [1.807, 2.05) is 20.8 Å². The van der Waals surface area contributed by atoms with Gasteiger partial charge in [-0.05, 0) is 13.8 Å². The zero-order valence-corrected chi connectivity index (χ0v) is 9.24. The molecular weight excluding hydrogens is 184 g/mol. The minimum Gasteiger partial charge on any atom is -0.468 e. The summed E-state index contributed by atoms with van der Waals surface area (Å²) in [6.45, 7) is 6.15. The summed E-state index contributed by atoms with van der Waals surface area (Å²) in [7, 11) is 1.32. The first kappa shape index (κ1) is 13.4. The number of nitrogens with one attached hydrogen (secondary N) is 1. The second kappa shape index (κ2) is 6.75. The van der Waals surface area contributed by atoms with Crippen molar-refractivity contribution in [3.63, 3.8) is 0 Å². The Balaban J connectivity index is 3.72. The molecule has 84 valence electrons. The van der Waals surface area contributed by atoms with Crippen LogP contribution in [0.15, 0.2) is 0 Å². The topological polar surface area (TPSA) is 73.6 Å². The van der Waals surface area contributed by atoms with Crippen molar-refractivity contribution in [3.8, 4) is 0 Å². The van der Waals surface area contributed by atoms with Crippen LogP contribution in [0.25, 0.3) is 0 Å². The Kier molecular flexibility index (Phi) is 6.44. The van der Waals surface area contributed by atoms with Crippen LogP contribution in [0.5, 0.6) is 0 Å². The number of rotatable bonds is 6. The molecule has 0 aliphatic rings. The lowest BCUT2D eigenvalue weighted by atomic mass is 10.0. The molecule has 3 N–H and O–H groups in total. The van der Waals surface area contributed by atoms with Crippen molar-refractivity contribution in [1.29, 1.82) is 0 Å². The lowest BCUT2D eigenvalue weighted by Crippen LogP contribution is -2.41. The fourth-order valence-electron chi connectivity index (χ4n) is 0.818. The summed E-state index contributed by atoms with van der Waals surface area (Å²) >= 11 is 0. The van der Waals surface area contributed by atoms with E-state index in [1.54, 1.807) is 0 Å². The van der Waals surface area contributed by atoms with E-state index in [0.717, 1.165) is 0 Å². The van der Waals surface area contributed by atoms with Gasteiger partial charge >= 0.3 is 5.97 Å². The third kappa shape index (κ3) is 5.16. The Morgan fingerprint density at radius 2 is 2.00 bits per heavy atom. The van der Waals surface area contributed by atoms with Crippen molar-refractivity contribution in [2.75, 3.05) is 13.7 Å². The summed E-state index contributed by atoms with van der Waals surface area (Å²) in [5.74, 6) is -0.487. The molecule has 0 bridgehead atoms. The van der Waals surface area contributed by atoms with Gasteiger partial charge in [-0.3, -0.25) is 4.79 Å². The van der Waals surface area contributed by atoms with Gasteiger partial charge in [0.15, 0.2) is 0 Å². The molecule has 0 rings (SSSR count). The lowest BCUT2D eigenvalue weighted by Gasteiger charge is -2.18. The maximum absolute atomic E-state index is 11.0. The van der Waals surface area contributed by atoms with E-state index in [9.17, 15) is 4.79 Å². The average molecular weight is 204 g/mol. The minimum atomic E-state index is -0.631. The summed E-state index contributed by atoms with van der Waals surface area (Å²) < 4.78 is 4.52. The molecule has 0 amide bonds. The summed E-state index contributed by atoms with van der Waals surface area (Å²) in [6, 6.07) is -0.384. The van der Waals surface area contributed by atoms with Gasteiger partial charge in [0.05, 0.1) is 13.7 Å². The molecule has 0 radical (unpaired) electrons. The van der Waals surface area contributed by atoms with E-state index < -0.39 is 12.0 Å². The second-order valence-electron chi connectivity index (χ2n) is 3.61. The van der Waals surface area contributed by atoms with Crippen LogP contribution < -0.4 is 11.2 Å². The van der Waals surface area contributed by atoms with Crippen molar-refractivity contribution in [2.45, 2.75) is 32.9 Å². The molecule has 0 spiro atoms. The van der Waals surface area contributed by atoms with Crippen molar-refractivity contribution in [2.24, 2.45) is 11.7 Å². The van der Waals surface area contributed by atoms with Gasteiger partial charge < -0.3 is 15.3 Å². The standard InChI is InChI=1S/C9H20N2O3/c1-6(2)11-14-5-7(3)8(10)9(12)13-4/h6-8,11H,5,10H2,1-4H3/t7-,8+/m0/s1. The molecule has 5 nitrogen and oxygen atoms in total. The number of hydrogen-bond acceptors (Lipinski definition) is 5. The summed E-state index contributed by atoms with van der Waals surface area (Å²) in [5, 5.41) is 0. The third-order valence-electron chi connectivity index (χ3n) is 1.75. The smallest absolute Gasteiger partial charge is 0.323 e. The van der Waals surface area contributed by atoms with E-state index in [-0.39, 0.29) is 12.0 Å². The molecule has 0 aromatic heterocycles. The van der Waals surface area contributed by atoms with Crippen molar-refractivity contribution in [3.05, 3.63) is 0 Å². The fourth-order valence-corrected chi connectivity index (χ4v) is 0.818. The highest BCUT2D eigenvalue weighted by molar-refractivity contribution is 5.75. The Hall–Kier alpha value is -0.650. The van der Waals surface area contributed by atoms with Gasteiger partial charge in [-0.2, -0.15) is 0 Å². The largest absolute Gasteiger partial charge is 0.468 e. The molecule has 0 aliphatic carbocycles. The third-order valence-corrected chi connectivity index (χ3v) is 1.75. The molecular formula is C9H20N2O3. The van der Waals surface area contributed by atoms with Crippen LogP contribution in [0.1, 0.15) is 20.8 Å². The molecule has 0 unspecified atom stereocenters. The summed E-state index contributed by atoms with van der Waals surface area (Å²) in [6.07, 6.45) is 0. The predicted molar refractivity (Wildman–Crippen MR) is 53.4 cm³/mol. The summed E-state index contributed by atoms with van der Waals surface area (Å²) in [5.41, 5.74) is 8.39. The fraction of sp³-hybridized carbons (Fsp3) is 0.889. The first-order valence-corrected chi connectivity index (χ1v) is 4.69. The zero-order valence-electron chi connectivity index (χ0n) is 9.24. The molecule has 2 atom stereocenters. The van der Waals surface area contributed by atoms with E-state index in [4.69, 9.17) is 10.6 Å². The highest BCUT2D eigenvalue weighted by Gasteiger charge is 2.21. The average Bonchev–Trinajstić information content (AvgIpc) is 2.14. The van der Waals surface area contributed by atoms with E-state index in [2.05, 4.69) is 10.2 Å². The molecule has 5 heteroatoms. The van der Waals surface area contributed by atoms with Crippen LogP contribution in [0.3, 0.4) is 0 Å². The normalized spacial score (nSPS) is 15.3. The Bertz CT molecular complexity index is 173. The van der Waals surface area contributed by atoms with Crippen molar-refractivity contribution >= 4 is 5.97 Å². The van der Waals surface area contributed by atoms with Crippen molar-refractivity contribution in [1.82, 2.24) is 5.48 Å². The Labute approximate surface area is 84.9 Å². The van der Waals surface area contributed by atoms with Gasteiger partial charge in [0.1, 0.15) is 6.04 Å². The number of carbonyl (C=O) groups is 1. The van der Waals surface area contributed by atoms with Gasteiger partial charge in [-0.1, -0.05) is 6.92 Å². The predicted octanol–water partition coefficient (Wildman–Crippen LogP) is 0.0524. The minimum absolute atomic E-state index is 0.0753. The number of nitrogens with two attached hydrogens (primary N) is 1. The van der Waals surface area contributed by atoms with Gasteiger partial charge in [0.25, 0.3) is 0 Å². The van der Waals surface area contributed by atoms with E-state index in [1.165, 1.54) is 7.11 Å². The number of carbonyl (C=O) groups excluding carboxylic acids is 1. The van der Waals surface area contributed by atoms with Gasteiger partial charge in [0.2, 0.25) is 0 Å². The summed E-state index contributed by atoms with van der Waals surface area (Å²) in [4.78, 5) is 16.2. The number of methoxy groups -OCH3 is 1. The highest BCUT2D eigenvalue weighted by Crippen LogP contribution is 2.02. The monoisotopic (exact) mass is 204 g/mol. The quantitative estimate of drug-likeness (QED) is 0.472. The zero-order chi connectivity index (χ0) is 11.1. The maximum atomic E-state index is 11.0. The van der Waals surface area contributed by atoms with Crippen molar-refractivity contribution < 1.29 is 14.4 Å². The number of hydrogen-bond donors (Lipinski definition) is 2. The Morgan fingerprint density at radius 1 is 1.43 bits per heavy atom. The lowest BCUT2D eigenvalue weighted by molar-refractivity contribution is -0.144. The van der Waals surface area contributed by atoms with Crippen LogP contribution in [0, 0.1) is 5.92 Å². The SMILES string of the molecule is COC(=O)[C@H](N)[C@@H](C)CONC(C)C. The molecule has 14 heavy (non-hydrogen) atoms. The van der Waals surface area contributed by atoms with Gasteiger partial charge in [-0.25, -0.2) is 5.48 Å². The number of ether oxygens (including phenoxy) is 1. The van der Waals surface area contributed by atoms with Crippen LogP contribution >= 0.6 is 0 Å². The van der Waals surface area contributed by atoms with E-state index >= 15 is 0 Å². The van der Waals surface area contributed by atoms with E-state index in [0.29, 0.717) is 6.61 Å². The number of hydroxylamine groups is 1. The first-order valence-electron chi connectivity index (χ1n) is 4.69. The van der Waals surface area contributed by atoms with Crippen LogP contribution in [-0.4, -0.2) is 31.8 Å². The first-order chi connectivity index (χ1) is 6.49. The molecule has 0 saturated heterocycles. The van der Waals surface area contributed by atoms with Gasteiger partial charge in [0, 0.05) is 12.0 Å². The Morgan fingerprint density at radius 3 is 2.43 bits per heavy atom. The highest BCUT2D eigenvalue weighted by atomic mass is 16.6. The van der Waals surface area contributed by atoms with Crippen LogP contribution in [-0.2, 0) is 14.4 Å². The molecule has 0 saturated carbocycles. The maximum Gasteiger partial charge on any atom is 0.323 e. The molecule has 0 aliphatic heterocycles. The molecule has 0 heterocycles. The van der Waals surface area contributed by atoms with Crippen LogP contribution in [0.4, 0.5) is 0 Å². The van der Waals surface area contributed by atoms with Gasteiger partial charge in [-0.15, -0.1) is 0 Å². The second-order valence-corrected chi connectivity index (χ2v) is 3.61. The molecule has 0 fully saturated rings.